The molecule has 0 amide bonds. The molecule has 0 N–H and O–H groups in total. The minimum atomic E-state index is -4.35. The maximum atomic E-state index is 12.3. The van der Waals surface area contributed by atoms with Gasteiger partial charge in [-0.25, -0.2) is 22.2 Å². The van der Waals surface area contributed by atoms with E-state index in [2.05, 4.69) is 20.9 Å². The van der Waals surface area contributed by atoms with Crippen molar-refractivity contribution in [2.75, 3.05) is 0 Å². The van der Waals surface area contributed by atoms with Gasteiger partial charge in [0.15, 0.2) is 5.03 Å². The summed E-state index contributed by atoms with van der Waals surface area (Å²) >= 11 is 2.80. The molecule has 0 unspecified atom stereocenters. The Morgan fingerprint density at radius 1 is 1.56 bits per heavy atom. The van der Waals surface area contributed by atoms with Gasteiger partial charge in [-0.15, -0.1) is 0 Å². The van der Waals surface area contributed by atoms with Crippen LogP contribution in [0.5, 0.6) is 0 Å². The van der Waals surface area contributed by atoms with E-state index in [1.165, 1.54) is 6.07 Å². The standard InChI is InChI=1S/C7H2BrClF2N2O2S/c8-4-1-5(6(10)11)13-7(3(4)2-12)16(9,14)15/h1,6H. The Morgan fingerprint density at radius 3 is 2.50 bits per heavy atom. The Labute approximate surface area is 102 Å². The highest BCUT2D eigenvalue weighted by Gasteiger charge is 2.24. The zero-order valence-corrected chi connectivity index (χ0v) is 10.4. The van der Waals surface area contributed by atoms with Crippen molar-refractivity contribution in [2.45, 2.75) is 11.5 Å². The molecule has 0 saturated carbocycles. The topological polar surface area (TPSA) is 70.8 Å². The van der Waals surface area contributed by atoms with Crippen LogP contribution in [0, 0.1) is 11.3 Å². The molecule has 1 aromatic rings. The fourth-order valence-electron chi connectivity index (χ4n) is 0.899. The van der Waals surface area contributed by atoms with Crippen LogP contribution in [-0.2, 0) is 9.05 Å². The second kappa shape index (κ2) is 4.61. The van der Waals surface area contributed by atoms with E-state index in [0.29, 0.717) is 0 Å². The van der Waals surface area contributed by atoms with E-state index in [0.717, 1.165) is 6.07 Å². The Balaban J connectivity index is 3.64. The van der Waals surface area contributed by atoms with E-state index in [-0.39, 0.29) is 4.47 Å². The first-order valence-electron chi connectivity index (χ1n) is 3.60. The molecular weight excluding hydrogens is 330 g/mol. The first kappa shape index (κ1) is 13.3. The Bertz CT molecular complexity index is 570. The molecule has 9 heteroatoms. The molecule has 0 aliphatic heterocycles. The molecule has 0 aliphatic rings. The van der Waals surface area contributed by atoms with Crippen molar-refractivity contribution in [2.24, 2.45) is 0 Å². The lowest BCUT2D eigenvalue weighted by Gasteiger charge is -2.05. The van der Waals surface area contributed by atoms with Crippen LogP contribution in [0.1, 0.15) is 17.7 Å². The van der Waals surface area contributed by atoms with Crippen LogP contribution >= 0.6 is 26.6 Å². The lowest BCUT2D eigenvalue weighted by atomic mass is 10.3. The summed E-state index contributed by atoms with van der Waals surface area (Å²) in [6, 6.07) is 2.39. The SMILES string of the molecule is N#Cc1c(Br)cc(C(F)F)nc1S(=O)(=O)Cl. The van der Waals surface area contributed by atoms with Gasteiger partial charge >= 0.3 is 0 Å². The van der Waals surface area contributed by atoms with Crippen molar-refractivity contribution in [1.29, 1.82) is 5.26 Å². The molecule has 0 aliphatic carbocycles. The van der Waals surface area contributed by atoms with Gasteiger partial charge in [-0.2, -0.15) is 5.26 Å². The van der Waals surface area contributed by atoms with Gasteiger partial charge in [-0.1, -0.05) is 0 Å². The molecule has 0 atom stereocenters. The Hall–Kier alpha value is -0.780. The zero-order chi connectivity index (χ0) is 12.5. The number of pyridine rings is 1. The van der Waals surface area contributed by atoms with Gasteiger partial charge in [0.05, 0.1) is 0 Å². The van der Waals surface area contributed by atoms with E-state index in [1.807, 2.05) is 0 Å². The fourth-order valence-corrected chi connectivity index (χ4v) is 2.49. The molecular formula is C7H2BrClF2N2O2S. The fraction of sp³-hybridized carbons (Fsp3) is 0.143. The number of aromatic nitrogens is 1. The van der Waals surface area contributed by atoms with Crippen molar-refractivity contribution in [3.63, 3.8) is 0 Å². The summed E-state index contributed by atoms with van der Waals surface area (Å²) in [4.78, 5) is 3.15. The Kier molecular flexibility index (Phi) is 3.83. The number of hydrogen-bond acceptors (Lipinski definition) is 4. The molecule has 0 aromatic carbocycles. The third kappa shape index (κ3) is 2.66. The van der Waals surface area contributed by atoms with E-state index < -0.39 is 31.8 Å². The first-order chi connectivity index (χ1) is 7.27. The summed E-state index contributed by atoms with van der Waals surface area (Å²) in [6.07, 6.45) is -2.96. The zero-order valence-electron chi connectivity index (χ0n) is 7.29. The van der Waals surface area contributed by atoms with E-state index >= 15 is 0 Å². The third-order valence-electron chi connectivity index (χ3n) is 1.52. The highest BCUT2D eigenvalue weighted by Crippen LogP contribution is 2.29. The van der Waals surface area contributed by atoms with Gasteiger partial charge < -0.3 is 0 Å². The number of nitriles is 1. The largest absolute Gasteiger partial charge is 0.280 e. The molecule has 16 heavy (non-hydrogen) atoms. The van der Waals surface area contributed by atoms with Crippen LogP contribution in [0.4, 0.5) is 8.78 Å². The second-order valence-corrected chi connectivity index (χ2v) is 5.90. The van der Waals surface area contributed by atoms with Crippen LogP contribution in [0.15, 0.2) is 15.6 Å². The van der Waals surface area contributed by atoms with Gasteiger partial charge in [-0.05, 0) is 22.0 Å². The summed E-state index contributed by atoms with van der Waals surface area (Å²) in [5.74, 6) is 0. The maximum Gasteiger partial charge on any atom is 0.280 e. The van der Waals surface area contributed by atoms with Gasteiger partial charge in [0, 0.05) is 15.2 Å². The van der Waals surface area contributed by atoms with Gasteiger partial charge in [0.25, 0.3) is 15.5 Å². The molecule has 1 rings (SSSR count). The number of alkyl halides is 2. The summed E-state index contributed by atoms with van der Waals surface area (Å²) in [5.41, 5.74) is -1.18. The van der Waals surface area contributed by atoms with Crippen molar-refractivity contribution in [3.8, 4) is 6.07 Å². The lowest BCUT2D eigenvalue weighted by Crippen LogP contribution is -2.04. The predicted molar refractivity (Wildman–Crippen MR) is 54.6 cm³/mol. The maximum absolute atomic E-state index is 12.3. The molecule has 1 heterocycles. The number of hydrogen-bond donors (Lipinski definition) is 0. The quantitative estimate of drug-likeness (QED) is 0.781. The summed E-state index contributed by atoms with van der Waals surface area (Å²) in [6.45, 7) is 0. The van der Waals surface area contributed by atoms with Crippen LogP contribution in [0.2, 0.25) is 0 Å². The summed E-state index contributed by atoms with van der Waals surface area (Å²) < 4.78 is 46.6. The molecule has 86 valence electrons. The lowest BCUT2D eigenvalue weighted by molar-refractivity contribution is 0.145. The van der Waals surface area contributed by atoms with Crippen molar-refractivity contribution < 1.29 is 17.2 Å². The highest BCUT2D eigenvalue weighted by molar-refractivity contribution is 9.10. The van der Waals surface area contributed by atoms with Crippen LogP contribution in [0.25, 0.3) is 0 Å². The van der Waals surface area contributed by atoms with Gasteiger partial charge in [0.2, 0.25) is 0 Å². The first-order valence-corrected chi connectivity index (χ1v) is 6.71. The smallest absolute Gasteiger partial charge is 0.233 e. The molecule has 0 fully saturated rings. The minimum absolute atomic E-state index is 0.0977. The predicted octanol–water partition coefficient (Wildman–Crippen LogP) is 2.58. The number of nitrogens with zero attached hydrogens (tertiary/aromatic N) is 2. The molecule has 0 bridgehead atoms. The van der Waals surface area contributed by atoms with Crippen LogP contribution < -0.4 is 0 Å². The summed E-state index contributed by atoms with van der Waals surface area (Å²) in [7, 11) is 0.635. The van der Waals surface area contributed by atoms with E-state index in [9.17, 15) is 17.2 Å². The molecule has 4 nitrogen and oxygen atoms in total. The number of rotatable bonds is 2. The second-order valence-electron chi connectivity index (χ2n) is 2.56. The third-order valence-corrected chi connectivity index (χ3v) is 3.35. The average molecular weight is 332 g/mol. The van der Waals surface area contributed by atoms with Gasteiger partial charge in [0.1, 0.15) is 17.3 Å². The van der Waals surface area contributed by atoms with Crippen LogP contribution in [-0.4, -0.2) is 13.4 Å². The van der Waals surface area contributed by atoms with E-state index in [4.69, 9.17) is 15.9 Å². The highest BCUT2D eigenvalue weighted by atomic mass is 79.9. The summed E-state index contributed by atoms with van der Waals surface area (Å²) in [5, 5.41) is 7.79. The number of halogens is 4. The normalized spacial score (nSPS) is 11.5. The van der Waals surface area contributed by atoms with Gasteiger partial charge in [-0.3, -0.25) is 0 Å². The van der Waals surface area contributed by atoms with Crippen molar-refractivity contribution in [3.05, 3.63) is 21.8 Å². The molecule has 0 radical (unpaired) electrons. The molecule has 0 spiro atoms. The average Bonchev–Trinajstić information content (AvgIpc) is 2.14. The molecule has 1 aromatic heterocycles. The van der Waals surface area contributed by atoms with Crippen molar-refractivity contribution >= 4 is 35.7 Å². The monoisotopic (exact) mass is 330 g/mol. The van der Waals surface area contributed by atoms with Crippen molar-refractivity contribution in [1.82, 2.24) is 4.98 Å². The Morgan fingerprint density at radius 2 is 2.12 bits per heavy atom. The van der Waals surface area contributed by atoms with E-state index in [1.54, 1.807) is 0 Å². The molecule has 0 saturated heterocycles. The minimum Gasteiger partial charge on any atom is -0.233 e. The van der Waals surface area contributed by atoms with Crippen LogP contribution in [0.3, 0.4) is 0 Å².